The molecule has 7 nitrogen and oxygen atoms in total. The summed E-state index contributed by atoms with van der Waals surface area (Å²) in [5, 5.41) is 0. The van der Waals surface area contributed by atoms with Crippen molar-refractivity contribution >= 4 is 27.5 Å². The lowest BCUT2D eigenvalue weighted by molar-refractivity contribution is 0.0450. The third-order valence-corrected chi connectivity index (χ3v) is 6.25. The van der Waals surface area contributed by atoms with Crippen LogP contribution in [0.1, 0.15) is 36.0 Å². The average molecular weight is 414 g/mol. The van der Waals surface area contributed by atoms with Gasteiger partial charge in [0.2, 0.25) is 0 Å². The number of carbonyl (C=O) groups is 1. The van der Waals surface area contributed by atoms with E-state index in [0.717, 1.165) is 25.8 Å². The van der Waals surface area contributed by atoms with E-state index in [-0.39, 0.29) is 23.7 Å². The van der Waals surface area contributed by atoms with Crippen LogP contribution in [0.5, 0.6) is 5.75 Å². The molecule has 152 valence electrons. The zero-order valence-corrected chi connectivity index (χ0v) is 16.7. The number of carbonyl (C=O) groups excluding carboxylic acids is 1. The van der Waals surface area contributed by atoms with E-state index < -0.39 is 16.0 Å². The highest BCUT2D eigenvalue weighted by atomic mass is 32.2. The van der Waals surface area contributed by atoms with Gasteiger partial charge in [-0.1, -0.05) is 24.6 Å². The summed E-state index contributed by atoms with van der Waals surface area (Å²) in [5.41, 5.74) is 0.765. The van der Waals surface area contributed by atoms with E-state index in [9.17, 15) is 13.2 Å². The van der Waals surface area contributed by atoms with Crippen LogP contribution in [0.4, 0.5) is 5.69 Å². The molecule has 1 fully saturated rings. The smallest absolute Gasteiger partial charge is 0.338 e. The van der Waals surface area contributed by atoms with Gasteiger partial charge in [0.1, 0.15) is 29.7 Å². The Kier molecular flexibility index (Phi) is 5.53. The molecule has 2 aliphatic rings. The summed E-state index contributed by atoms with van der Waals surface area (Å²) >= 11 is 0. The minimum absolute atomic E-state index is 0.0538. The SMILES string of the molecule is O=C(OCCOc1ccccc1)c1ccc2c(c1)S(=O)(=O)N=C1CCCCCN12. The third kappa shape index (κ3) is 4.27. The van der Waals surface area contributed by atoms with Crippen molar-refractivity contribution in [2.45, 2.75) is 30.6 Å². The van der Waals surface area contributed by atoms with Crippen LogP contribution in [0.3, 0.4) is 0 Å². The summed E-state index contributed by atoms with van der Waals surface area (Å²) in [6.07, 6.45) is 3.59. The molecule has 0 N–H and O–H groups in total. The van der Waals surface area contributed by atoms with E-state index in [1.165, 1.54) is 6.07 Å². The molecule has 0 spiro atoms. The minimum Gasteiger partial charge on any atom is -0.490 e. The number of hydrogen-bond donors (Lipinski definition) is 0. The van der Waals surface area contributed by atoms with Crippen molar-refractivity contribution in [2.24, 2.45) is 4.40 Å². The number of para-hydroxylation sites is 1. The lowest BCUT2D eigenvalue weighted by atomic mass is 10.2. The second-order valence-electron chi connectivity index (χ2n) is 6.92. The summed E-state index contributed by atoms with van der Waals surface area (Å²) in [7, 11) is -3.83. The molecule has 1 saturated heterocycles. The zero-order valence-electron chi connectivity index (χ0n) is 15.9. The van der Waals surface area contributed by atoms with Crippen LogP contribution >= 0.6 is 0 Å². The lowest BCUT2D eigenvalue weighted by Gasteiger charge is -2.29. The van der Waals surface area contributed by atoms with Crippen molar-refractivity contribution in [3.05, 3.63) is 54.1 Å². The van der Waals surface area contributed by atoms with Gasteiger partial charge in [0.25, 0.3) is 10.0 Å². The van der Waals surface area contributed by atoms with Crippen molar-refractivity contribution in [1.82, 2.24) is 0 Å². The Morgan fingerprint density at radius 2 is 1.86 bits per heavy atom. The predicted molar refractivity (Wildman–Crippen MR) is 109 cm³/mol. The Bertz CT molecular complexity index is 1030. The first-order valence-corrected chi connectivity index (χ1v) is 11.1. The second kappa shape index (κ2) is 8.24. The number of rotatable bonds is 5. The normalized spacial score (nSPS) is 17.4. The van der Waals surface area contributed by atoms with Crippen LogP contribution in [-0.4, -0.2) is 40.0 Å². The molecule has 4 rings (SSSR count). The van der Waals surface area contributed by atoms with Gasteiger partial charge in [-0.25, -0.2) is 4.79 Å². The number of esters is 1. The van der Waals surface area contributed by atoms with Crippen LogP contribution in [0.15, 0.2) is 57.8 Å². The second-order valence-corrected chi connectivity index (χ2v) is 8.50. The highest BCUT2D eigenvalue weighted by Gasteiger charge is 2.32. The van der Waals surface area contributed by atoms with Gasteiger partial charge in [0.05, 0.1) is 11.3 Å². The Hall–Kier alpha value is -2.87. The molecule has 29 heavy (non-hydrogen) atoms. The fourth-order valence-electron chi connectivity index (χ4n) is 3.50. The molecule has 0 bridgehead atoms. The van der Waals surface area contributed by atoms with E-state index in [2.05, 4.69) is 4.40 Å². The Morgan fingerprint density at radius 1 is 1.03 bits per heavy atom. The molecule has 8 heteroatoms. The summed E-state index contributed by atoms with van der Waals surface area (Å²) in [4.78, 5) is 14.4. The van der Waals surface area contributed by atoms with E-state index in [1.54, 1.807) is 12.1 Å². The average Bonchev–Trinajstić information content (AvgIpc) is 2.96. The van der Waals surface area contributed by atoms with Crippen LogP contribution in [0, 0.1) is 0 Å². The Morgan fingerprint density at radius 3 is 2.69 bits per heavy atom. The van der Waals surface area contributed by atoms with E-state index in [0.29, 0.717) is 23.7 Å². The number of nitrogens with zero attached hydrogens (tertiary/aromatic N) is 2. The molecule has 0 aromatic heterocycles. The summed E-state index contributed by atoms with van der Waals surface area (Å²) in [6, 6.07) is 13.8. The van der Waals surface area contributed by atoms with Gasteiger partial charge < -0.3 is 14.4 Å². The molecule has 0 atom stereocenters. The molecule has 0 unspecified atom stereocenters. The predicted octanol–water partition coefficient (Wildman–Crippen LogP) is 3.40. The molecule has 0 amide bonds. The van der Waals surface area contributed by atoms with Crippen LogP contribution in [-0.2, 0) is 14.8 Å². The maximum absolute atomic E-state index is 12.6. The van der Waals surface area contributed by atoms with Crippen molar-refractivity contribution in [3.8, 4) is 5.75 Å². The first kappa shape index (κ1) is 19.4. The van der Waals surface area contributed by atoms with E-state index in [1.807, 2.05) is 35.2 Å². The molecule has 2 aliphatic heterocycles. The third-order valence-electron chi connectivity index (χ3n) is 4.91. The van der Waals surface area contributed by atoms with Gasteiger partial charge in [0, 0.05) is 13.0 Å². The van der Waals surface area contributed by atoms with Crippen molar-refractivity contribution in [3.63, 3.8) is 0 Å². The molecule has 2 heterocycles. The van der Waals surface area contributed by atoms with Gasteiger partial charge in [-0.2, -0.15) is 8.42 Å². The molecule has 2 aromatic rings. The van der Waals surface area contributed by atoms with Gasteiger partial charge in [-0.3, -0.25) is 0 Å². The molecule has 0 aliphatic carbocycles. The molecular formula is C21H22N2O5S. The number of amidine groups is 1. The van der Waals surface area contributed by atoms with Crippen molar-refractivity contribution in [2.75, 3.05) is 24.7 Å². The fourth-order valence-corrected chi connectivity index (χ4v) is 4.78. The standard InChI is InChI=1S/C21H22N2O5S/c24-21(28-14-13-27-17-7-3-1-4-8-17)16-10-11-18-19(15-16)29(25,26)22-20-9-5-2-6-12-23(18)20/h1,3-4,7-8,10-11,15H,2,5-6,9,12-14H2. The Balaban J connectivity index is 1.46. The summed E-state index contributed by atoms with van der Waals surface area (Å²) in [5.74, 6) is 0.684. The first-order valence-electron chi connectivity index (χ1n) is 9.65. The van der Waals surface area contributed by atoms with E-state index >= 15 is 0 Å². The zero-order chi connectivity index (χ0) is 20.3. The maximum atomic E-state index is 12.6. The monoisotopic (exact) mass is 414 g/mol. The number of benzene rings is 2. The first-order chi connectivity index (χ1) is 14.0. The van der Waals surface area contributed by atoms with Gasteiger partial charge in [-0.05, 0) is 43.2 Å². The number of anilines is 1. The number of hydrogen-bond acceptors (Lipinski definition) is 6. The van der Waals surface area contributed by atoms with Gasteiger partial charge >= 0.3 is 5.97 Å². The number of sulfonamides is 1. The number of fused-ring (bicyclic) bond motifs is 3. The summed E-state index contributed by atoms with van der Waals surface area (Å²) in [6.45, 7) is 0.994. The fraction of sp³-hybridized carbons (Fsp3) is 0.333. The molecule has 0 radical (unpaired) electrons. The summed E-state index contributed by atoms with van der Waals surface area (Å²) < 4.78 is 40.0. The molecule has 0 saturated carbocycles. The Labute approximate surface area is 170 Å². The van der Waals surface area contributed by atoms with Gasteiger partial charge in [-0.15, -0.1) is 4.40 Å². The quantitative estimate of drug-likeness (QED) is 0.551. The highest BCUT2D eigenvalue weighted by molar-refractivity contribution is 7.90. The largest absolute Gasteiger partial charge is 0.490 e. The number of ether oxygens (including phenoxy) is 2. The topological polar surface area (TPSA) is 85.3 Å². The lowest BCUT2D eigenvalue weighted by Crippen LogP contribution is -2.35. The highest BCUT2D eigenvalue weighted by Crippen LogP contribution is 2.35. The maximum Gasteiger partial charge on any atom is 0.338 e. The van der Waals surface area contributed by atoms with Crippen molar-refractivity contribution < 1.29 is 22.7 Å². The van der Waals surface area contributed by atoms with Crippen molar-refractivity contribution in [1.29, 1.82) is 0 Å². The van der Waals surface area contributed by atoms with Gasteiger partial charge in [0.15, 0.2) is 0 Å². The van der Waals surface area contributed by atoms with Crippen LogP contribution < -0.4 is 9.64 Å². The van der Waals surface area contributed by atoms with Crippen LogP contribution in [0.25, 0.3) is 0 Å². The van der Waals surface area contributed by atoms with Crippen LogP contribution in [0.2, 0.25) is 0 Å². The minimum atomic E-state index is -3.83. The van der Waals surface area contributed by atoms with E-state index in [4.69, 9.17) is 9.47 Å². The molecular weight excluding hydrogens is 392 g/mol. The molecule has 2 aromatic carbocycles.